The third kappa shape index (κ3) is 5.38. The molecule has 140 valence electrons. The fraction of sp³-hybridized carbons (Fsp3) is 0.350. The molecule has 0 saturated carbocycles. The van der Waals surface area contributed by atoms with Crippen LogP contribution < -0.4 is 14.8 Å². The molecule has 2 rings (SSSR count). The summed E-state index contributed by atoms with van der Waals surface area (Å²) in [4.78, 5) is 12.4. The van der Waals surface area contributed by atoms with E-state index in [0.717, 1.165) is 11.1 Å². The van der Waals surface area contributed by atoms with Crippen LogP contribution in [-0.4, -0.2) is 26.2 Å². The number of methoxy groups -OCH3 is 2. The molecule has 0 aliphatic heterocycles. The van der Waals surface area contributed by atoms with Crippen LogP contribution in [0.15, 0.2) is 36.4 Å². The molecule has 0 aliphatic carbocycles. The minimum absolute atomic E-state index is 0.174. The van der Waals surface area contributed by atoms with Crippen molar-refractivity contribution in [2.45, 2.75) is 33.1 Å². The van der Waals surface area contributed by atoms with Crippen molar-refractivity contribution in [1.82, 2.24) is 5.32 Å². The van der Waals surface area contributed by atoms with Crippen LogP contribution in [0.1, 0.15) is 35.3 Å². The fourth-order valence-corrected chi connectivity index (χ4v) is 2.71. The summed E-state index contributed by atoms with van der Waals surface area (Å²) in [5.41, 5.74) is 2.47. The van der Waals surface area contributed by atoms with E-state index in [9.17, 15) is 4.79 Å². The van der Waals surface area contributed by atoms with Gasteiger partial charge >= 0.3 is 0 Å². The first kappa shape index (κ1) is 20.1. The van der Waals surface area contributed by atoms with Crippen LogP contribution in [0.2, 0.25) is 5.02 Å². The van der Waals surface area contributed by atoms with Gasteiger partial charge in [-0.15, -0.1) is 0 Å². The number of hydrogen-bond acceptors (Lipinski definition) is 4. The Kier molecular flexibility index (Phi) is 7.30. The average Bonchev–Trinajstić information content (AvgIpc) is 2.64. The molecule has 0 heterocycles. The summed E-state index contributed by atoms with van der Waals surface area (Å²) in [5, 5.41) is 3.21. The van der Waals surface area contributed by atoms with Crippen molar-refractivity contribution in [3.8, 4) is 11.5 Å². The monoisotopic (exact) mass is 377 g/mol. The molecule has 26 heavy (non-hydrogen) atoms. The lowest BCUT2D eigenvalue weighted by Crippen LogP contribution is -2.23. The second-order valence-electron chi connectivity index (χ2n) is 6.06. The van der Waals surface area contributed by atoms with Crippen LogP contribution in [0.5, 0.6) is 11.5 Å². The van der Waals surface area contributed by atoms with Gasteiger partial charge in [0.25, 0.3) is 5.91 Å². The molecule has 0 spiro atoms. The second kappa shape index (κ2) is 9.46. The van der Waals surface area contributed by atoms with Gasteiger partial charge in [0.15, 0.2) is 11.5 Å². The number of nitrogens with one attached hydrogen (secondary N) is 1. The van der Waals surface area contributed by atoms with Gasteiger partial charge in [-0.25, -0.2) is 0 Å². The van der Waals surface area contributed by atoms with E-state index >= 15 is 0 Å². The third-order valence-electron chi connectivity index (χ3n) is 3.72. The molecule has 6 heteroatoms. The zero-order chi connectivity index (χ0) is 19.1. The van der Waals surface area contributed by atoms with Gasteiger partial charge in [-0.1, -0.05) is 35.9 Å². The van der Waals surface area contributed by atoms with Crippen molar-refractivity contribution in [3.63, 3.8) is 0 Å². The Labute approximate surface area is 159 Å². The Bertz CT molecular complexity index is 761. The molecule has 0 fully saturated rings. The summed E-state index contributed by atoms with van der Waals surface area (Å²) >= 11 is 6.16. The predicted molar refractivity (Wildman–Crippen MR) is 102 cm³/mol. The number of amides is 1. The fourth-order valence-electron chi connectivity index (χ4n) is 2.43. The highest BCUT2D eigenvalue weighted by Crippen LogP contribution is 2.35. The quantitative estimate of drug-likeness (QED) is 0.748. The lowest BCUT2D eigenvalue weighted by molar-refractivity contribution is 0.0657. The number of benzene rings is 2. The van der Waals surface area contributed by atoms with Gasteiger partial charge < -0.3 is 19.5 Å². The van der Waals surface area contributed by atoms with Gasteiger partial charge in [-0.3, -0.25) is 4.79 Å². The van der Waals surface area contributed by atoms with Crippen molar-refractivity contribution in [1.29, 1.82) is 0 Å². The van der Waals surface area contributed by atoms with Gasteiger partial charge in [-0.05, 0) is 37.1 Å². The zero-order valence-corrected chi connectivity index (χ0v) is 16.2. The Morgan fingerprint density at radius 2 is 1.85 bits per heavy atom. The first-order valence-corrected chi connectivity index (χ1v) is 8.71. The lowest BCUT2D eigenvalue weighted by Gasteiger charge is -2.12. The van der Waals surface area contributed by atoms with Gasteiger partial charge in [0.1, 0.15) is 0 Å². The number of halogens is 1. The topological polar surface area (TPSA) is 56.8 Å². The highest BCUT2D eigenvalue weighted by atomic mass is 35.5. The van der Waals surface area contributed by atoms with Gasteiger partial charge in [-0.2, -0.15) is 0 Å². The number of ether oxygens (including phenoxy) is 3. The van der Waals surface area contributed by atoms with Crippen molar-refractivity contribution >= 4 is 17.5 Å². The van der Waals surface area contributed by atoms with Gasteiger partial charge in [0.05, 0.1) is 32.0 Å². The van der Waals surface area contributed by atoms with Gasteiger partial charge in [0.2, 0.25) is 0 Å². The van der Waals surface area contributed by atoms with E-state index in [1.807, 2.05) is 38.1 Å². The minimum Gasteiger partial charge on any atom is -0.493 e. The molecule has 2 aromatic rings. The maximum Gasteiger partial charge on any atom is 0.251 e. The first-order valence-electron chi connectivity index (χ1n) is 8.33. The van der Waals surface area contributed by atoms with E-state index in [-0.39, 0.29) is 12.0 Å². The molecule has 0 atom stereocenters. The number of hydrogen-bond donors (Lipinski definition) is 1. The van der Waals surface area contributed by atoms with Crippen LogP contribution in [0.3, 0.4) is 0 Å². The standard InChI is InChI=1S/C20H24ClNO4/c1-13(2)26-12-15-7-5-6-14(8-15)11-22-20(23)16-9-17(21)19(25-4)18(10-16)24-3/h5-10,13H,11-12H2,1-4H3,(H,22,23). The summed E-state index contributed by atoms with van der Waals surface area (Å²) in [5.74, 6) is 0.582. The molecular weight excluding hydrogens is 354 g/mol. The second-order valence-corrected chi connectivity index (χ2v) is 6.46. The molecular formula is C20H24ClNO4. The van der Waals surface area contributed by atoms with Crippen molar-refractivity contribution in [3.05, 3.63) is 58.1 Å². The molecule has 0 aromatic heterocycles. The van der Waals surface area contributed by atoms with Crippen molar-refractivity contribution in [2.75, 3.05) is 14.2 Å². The van der Waals surface area contributed by atoms with Crippen LogP contribution in [0.4, 0.5) is 0 Å². The SMILES string of the molecule is COc1cc(C(=O)NCc2cccc(COC(C)C)c2)cc(Cl)c1OC. The van der Waals surface area contributed by atoms with Gasteiger partial charge in [0, 0.05) is 12.1 Å². The molecule has 2 aromatic carbocycles. The molecule has 0 saturated heterocycles. The van der Waals surface area contributed by atoms with E-state index in [2.05, 4.69) is 5.32 Å². The summed E-state index contributed by atoms with van der Waals surface area (Å²) in [7, 11) is 3.00. The summed E-state index contributed by atoms with van der Waals surface area (Å²) in [6.45, 7) is 4.95. The Morgan fingerprint density at radius 3 is 2.50 bits per heavy atom. The number of rotatable bonds is 8. The van der Waals surface area contributed by atoms with Crippen LogP contribution >= 0.6 is 11.6 Å². The van der Waals surface area contributed by atoms with E-state index in [1.54, 1.807) is 12.1 Å². The number of carbonyl (C=O) groups is 1. The Morgan fingerprint density at radius 1 is 1.12 bits per heavy atom. The molecule has 0 unspecified atom stereocenters. The molecule has 1 N–H and O–H groups in total. The molecule has 1 amide bonds. The zero-order valence-electron chi connectivity index (χ0n) is 15.5. The smallest absolute Gasteiger partial charge is 0.251 e. The molecule has 0 aliphatic rings. The van der Waals surface area contributed by atoms with E-state index in [0.29, 0.717) is 35.2 Å². The molecule has 5 nitrogen and oxygen atoms in total. The Hall–Kier alpha value is -2.24. The van der Waals surface area contributed by atoms with E-state index in [4.69, 9.17) is 25.8 Å². The van der Waals surface area contributed by atoms with Crippen LogP contribution in [0, 0.1) is 0 Å². The summed E-state index contributed by atoms with van der Waals surface area (Å²) < 4.78 is 16.0. The molecule has 0 radical (unpaired) electrons. The highest BCUT2D eigenvalue weighted by molar-refractivity contribution is 6.32. The summed E-state index contributed by atoms with van der Waals surface area (Å²) in [6.07, 6.45) is 0.174. The largest absolute Gasteiger partial charge is 0.493 e. The van der Waals surface area contributed by atoms with Crippen molar-refractivity contribution < 1.29 is 19.0 Å². The van der Waals surface area contributed by atoms with Crippen LogP contribution in [0.25, 0.3) is 0 Å². The minimum atomic E-state index is -0.239. The maximum absolute atomic E-state index is 12.4. The first-order chi connectivity index (χ1) is 12.4. The summed E-state index contributed by atoms with van der Waals surface area (Å²) in [6, 6.07) is 11.1. The number of carbonyl (C=O) groups excluding carboxylic acids is 1. The van der Waals surface area contributed by atoms with E-state index < -0.39 is 0 Å². The van der Waals surface area contributed by atoms with E-state index in [1.165, 1.54) is 14.2 Å². The maximum atomic E-state index is 12.4. The third-order valence-corrected chi connectivity index (χ3v) is 4.00. The average molecular weight is 378 g/mol. The molecule has 0 bridgehead atoms. The van der Waals surface area contributed by atoms with Crippen molar-refractivity contribution in [2.24, 2.45) is 0 Å². The van der Waals surface area contributed by atoms with Crippen LogP contribution in [-0.2, 0) is 17.9 Å². The predicted octanol–water partition coefficient (Wildman–Crippen LogP) is 4.21. The lowest BCUT2D eigenvalue weighted by atomic mass is 10.1. The normalized spacial score (nSPS) is 10.7. The highest BCUT2D eigenvalue weighted by Gasteiger charge is 2.15. The Balaban J connectivity index is 2.05.